The summed E-state index contributed by atoms with van der Waals surface area (Å²) in [7, 11) is 0. The summed E-state index contributed by atoms with van der Waals surface area (Å²) in [5.74, 6) is 0.817. The molecule has 2 rings (SSSR count). The molecule has 3 heteroatoms. The van der Waals surface area contributed by atoms with Gasteiger partial charge in [-0.05, 0) is 48.6 Å². The predicted octanol–water partition coefficient (Wildman–Crippen LogP) is 4.92. The number of ether oxygens (including phenoxy) is 1. The van der Waals surface area contributed by atoms with E-state index in [0.29, 0.717) is 0 Å². The van der Waals surface area contributed by atoms with E-state index in [1.54, 1.807) is 0 Å². The number of benzene rings is 1. The minimum Gasteiger partial charge on any atom is -0.485 e. The average Bonchev–Trinajstić information content (AvgIpc) is 2.82. The van der Waals surface area contributed by atoms with Crippen LogP contribution in [0.3, 0.4) is 0 Å². The monoisotopic (exact) mass is 302 g/mol. The first-order valence-corrected chi connectivity index (χ1v) is 7.92. The molecule has 21 heavy (non-hydrogen) atoms. The molecule has 0 aliphatic heterocycles. The van der Waals surface area contributed by atoms with Crippen LogP contribution in [0.2, 0.25) is 0 Å². The molecule has 1 aromatic heterocycles. The van der Waals surface area contributed by atoms with Gasteiger partial charge in [0.05, 0.1) is 4.88 Å². The van der Waals surface area contributed by atoms with Gasteiger partial charge in [0.1, 0.15) is 5.75 Å². The van der Waals surface area contributed by atoms with Gasteiger partial charge in [0.2, 0.25) is 5.78 Å². The molecular weight excluding hydrogens is 280 g/mol. The normalized spacial score (nSPS) is 11.5. The van der Waals surface area contributed by atoms with Crippen LogP contribution in [-0.2, 0) is 5.41 Å². The van der Waals surface area contributed by atoms with Gasteiger partial charge in [0.15, 0.2) is 6.61 Å². The van der Waals surface area contributed by atoms with E-state index in [9.17, 15) is 4.79 Å². The molecular formula is C18H22O2S. The number of thiophene rings is 1. The third-order valence-electron chi connectivity index (χ3n) is 3.41. The molecule has 0 aliphatic carbocycles. The molecule has 1 aromatic carbocycles. The van der Waals surface area contributed by atoms with Crippen LogP contribution in [-0.4, -0.2) is 12.4 Å². The highest BCUT2D eigenvalue weighted by Crippen LogP contribution is 2.27. The number of hydrogen-bond acceptors (Lipinski definition) is 3. The zero-order chi connectivity index (χ0) is 15.6. The lowest BCUT2D eigenvalue weighted by Gasteiger charge is -2.20. The summed E-state index contributed by atoms with van der Waals surface area (Å²) in [5.41, 5.74) is 2.46. The first kappa shape index (κ1) is 15.8. The van der Waals surface area contributed by atoms with Crippen molar-refractivity contribution in [2.24, 2.45) is 0 Å². The summed E-state index contributed by atoms with van der Waals surface area (Å²) in [6.45, 7) is 10.7. The number of rotatable bonds is 4. The standard InChI is InChI=1S/C18H22O2S/c1-12-10-14(18(3,4)5)7-8-16(12)20-11-15(19)17-9-6-13(2)21-17/h6-10H,11H2,1-5H3. The molecule has 0 amide bonds. The highest BCUT2D eigenvalue weighted by molar-refractivity contribution is 7.14. The summed E-state index contributed by atoms with van der Waals surface area (Å²) in [6, 6.07) is 9.99. The Hall–Kier alpha value is -1.61. The maximum absolute atomic E-state index is 12.1. The van der Waals surface area contributed by atoms with Crippen molar-refractivity contribution in [3.8, 4) is 5.75 Å². The third kappa shape index (κ3) is 3.94. The fourth-order valence-electron chi connectivity index (χ4n) is 2.08. The molecule has 2 nitrogen and oxygen atoms in total. The van der Waals surface area contributed by atoms with Gasteiger partial charge in [-0.15, -0.1) is 11.3 Å². The lowest BCUT2D eigenvalue weighted by Crippen LogP contribution is -2.13. The van der Waals surface area contributed by atoms with Gasteiger partial charge in [-0.3, -0.25) is 4.79 Å². The molecule has 112 valence electrons. The van der Waals surface area contributed by atoms with E-state index in [4.69, 9.17) is 4.74 Å². The van der Waals surface area contributed by atoms with Crippen molar-refractivity contribution in [1.29, 1.82) is 0 Å². The number of carbonyl (C=O) groups excluding carboxylic acids is 1. The summed E-state index contributed by atoms with van der Waals surface area (Å²) in [6.07, 6.45) is 0. The zero-order valence-electron chi connectivity index (χ0n) is 13.3. The molecule has 0 fully saturated rings. The molecule has 1 heterocycles. The maximum Gasteiger partial charge on any atom is 0.210 e. The number of Topliss-reactive ketones (excluding diaryl/α,β-unsaturated/α-hetero) is 1. The van der Waals surface area contributed by atoms with Crippen LogP contribution in [0.4, 0.5) is 0 Å². The largest absolute Gasteiger partial charge is 0.485 e. The molecule has 0 N–H and O–H groups in total. The topological polar surface area (TPSA) is 26.3 Å². The smallest absolute Gasteiger partial charge is 0.210 e. The van der Waals surface area contributed by atoms with Crippen LogP contribution >= 0.6 is 11.3 Å². The first-order valence-electron chi connectivity index (χ1n) is 7.11. The van der Waals surface area contributed by atoms with Gasteiger partial charge in [-0.25, -0.2) is 0 Å². The number of hydrogen-bond donors (Lipinski definition) is 0. The Kier molecular flexibility index (Phi) is 4.52. The van der Waals surface area contributed by atoms with Crippen molar-refractivity contribution in [2.75, 3.05) is 6.61 Å². The Bertz CT molecular complexity index is 647. The van der Waals surface area contributed by atoms with Crippen molar-refractivity contribution < 1.29 is 9.53 Å². The van der Waals surface area contributed by atoms with Crippen molar-refractivity contribution in [1.82, 2.24) is 0 Å². The van der Waals surface area contributed by atoms with E-state index in [-0.39, 0.29) is 17.8 Å². The Morgan fingerprint density at radius 1 is 1.14 bits per heavy atom. The van der Waals surface area contributed by atoms with Crippen LogP contribution in [0.15, 0.2) is 30.3 Å². The van der Waals surface area contributed by atoms with Crippen molar-refractivity contribution >= 4 is 17.1 Å². The SMILES string of the molecule is Cc1ccc(C(=O)COc2ccc(C(C)(C)C)cc2C)s1. The number of ketones is 1. The lowest BCUT2D eigenvalue weighted by atomic mass is 9.86. The first-order chi connectivity index (χ1) is 9.77. The van der Waals surface area contributed by atoms with Crippen LogP contribution < -0.4 is 4.74 Å². The summed E-state index contributed by atoms with van der Waals surface area (Å²) < 4.78 is 5.69. The highest BCUT2D eigenvalue weighted by atomic mass is 32.1. The van der Waals surface area contributed by atoms with E-state index in [2.05, 4.69) is 32.9 Å². The van der Waals surface area contributed by atoms with Crippen LogP contribution in [0.1, 0.15) is 46.4 Å². The van der Waals surface area contributed by atoms with Crippen LogP contribution in [0, 0.1) is 13.8 Å². The molecule has 0 saturated heterocycles. The average molecular weight is 302 g/mol. The van der Waals surface area contributed by atoms with Crippen LogP contribution in [0.25, 0.3) is 0 Å². The van der Waals surface area contributed by atoms with E-state index in [1.807, 2.05) is 32.0 Å². The summed E-state index contributed by atoms with van der Waals surface area (Å²) in [5, 5.41) is 0. The number of carbonyl (C=O) groups is 1. The summed E-state index contributed by atoms with van der Waals surface area (Å²) >= 11 is 1.51. The van der Waals surface area contributed by atoms with Crippen molar-refractivity contribution in [3.63, 3.8) is 0 Å². The van der Waals surface area contributed by atoms with Crippen molar-refractivity contribution in [2.45, 2.75) is 40.0 Å². The number of aryl methyl sites for hydroxylation is 2. The maximum atomic E-state index is 12.1. The summed E-state index contributed by atoms with van der Waals surface area (Å²) in [4.78, 5) is 14.0. The fourth-order valence-corrected chi connectivity index (χ4v) is 2.87. The van der Waals surface area contributed by atoms with E-state index in [1.165, 1.54) is 16.9 Å². The van der Waals surface area contributed by atoms with E-state index in [0.717, 1.165) is 21.1 Å². The molecule has 0 spiro atoms. The van der Waals surface area contributed by atoms with E-state index >= 15 is 0 Å². The second-order valence-corrected chi connectivity index (χ2v) is 7.64. The van der Waals surface area contributed by atoms with Gasteiger partial charge in [-0.1, -0.05) is 32.9 Å². The predicted molar refractivity (Wildman–Crippen MR) is 88.8 cm³/mol. The van der Waals surface area contributed by atoms with Gasteiger partial charge in [-0.2, -0.15) is 0 Å². The van der Waals surface area contributed by atoms with Gasteiger partial charge >= 0.3 is 0 Å². The second-order valence-electron chi connectivity index (χ2n) is 6.35. The molecule has 0 radical (unpaired) electrons. The molecule has 0 bridgehead atoms. The fraction of sp³-hybridized carbons (Fsp3) is 0.389. The molecule has 0 saturated carbocycles. The molecule has 0 atom stereocenters. The Morgan fingerprint density at radius 2 is 1.86 bits per heavy atom. The zero-order valence-corrected chi connectivity index (χ0v) is 14.1. The third-order valence-corrected chi connectivity index (χ3v) is 4.46. The van der Waals surface area contributed by atoms with Gasteiger partial charge in [0.25, 0.3) is 0 Å². The quantitative estimate of drug-likeness (QED) is 0.749. The molecule has 0 unspecified atom stereocenters. The van der Waals surface area contributed by atoms with Gasteiger partial charge in [0, 0.05) is 4.88 Å². The molecule has 2 aromatic rings. The molecule has 0 aliphatic rings. The van der Waals surface area contributed by atoms with Crippen molar-refractivity contribution in [3.05, 3.63) is 51.2 Å². The Labute approximate surface area is 130 Å². The van der Waals surface area contributed by atoms with Gasteiger partial charge < -0.3 is 4.74 Å². The van der Waals surface area contributed by atoms with E-state index < -0.39 is 0 Å². The lowest BCUT2D eigenvalue weighted by molar-refractivity contribution is 0.0925. The highest BCUT2D eigenvalue weighted by Gasteiger charge is 2.15. The second kappa shape index (κ2) is 6.02. The minimum absolute atomic E-state index is 0.0346. The Morgan fingerprint density at radius 3 is 2.38 bits per heavy atom. The van der Waals surface area contributed by atoms with Crippen LogP contribution in [0.5, 0.6) is 5.75 Å². The Balaban J connectivity index is 2.05. The minimum atomic E-state index is 0.0346.